The Bertz CT molecular complexity index is 1330. The molecule has 0 fully saturated rings. The number of nitrogens with one attached hydrogen (secondary N) is 2. The molecule has 0 saturated carbocycles. The summed E-state index contributed by atoms with van der Waals surface area (Å²) in [5.41, 5.74) is 9.44. The van der Waals surface area contributed by atoms with Gasteiger partial charge in [-0.25, -0.2) is 14.8 Å². The normalized spacial score (nSPS) is 11.0. The second kappa shape index (κ2) is 8.46. The summed E-state index contributed by atoms with van der Waals surface area (Å²) in [6, 6.07) is 8.66. The molecule has 0 saturated heterocycles. The van der Waals surface area contributed by atoms with Gasteiger partial charge in [-0.1, -0.05) is 12.1 Å². The zero-order chi connectivity index (χ0) is 22.8. The first-order valence-electron chi connectivity index (χ1n) is 10.1. The Kier molecular flexibility index (Phi) is 5.55. The van der Waals surface area contributed by atoms with Crippen molar-refractivity contribution in [2.24, 2.45) is 0 Å². The number of hydrogen-bond acceptors (Lipinski definition) is 6. The molecule has 9 nitrogen and oxygen atoms in total. The molecule has 0 aliphatic carbocycles. The van der Waals surface area contributed by atoms with Crippen LogP contribution in [0.5, 0.6) is 0 Å². The van der Waals surface area contributed by atoms with Crippen molar-refractivity contribution in [2.45, 2.75) is 26.8 Å². The van der Waals surface area contributed by atoms with Crippen LogP contribution in [0.4, 0.5) is 22.0 Å². The Morgan fingerprint density at radius 1 is 1.06 bits per heavy atom. The van der Waals surface area contributed by atoms with Crippen molar-refractivity contribution in [3.05, 3.63) is 71.9 Å². The third-order valence-corrected chi connectivity index (χ3v) is 4.97. The molecular formula is C23H23N7O2. The van der Waals surface area contributed by atoms with Gasteiger partial charge in [0.1, 0.15) is 17.8 Å². The molecule has 3 heterocycles. The number of hydrogen-bond donors (Lipinski definition) is 3. The van der Waals surface area contributed by atoms with Gasteiger partial charge in [-0.3, -0.25) is 9.78 Å². The predicted molar refractivity (Wildman–Crippen MR) is 124 cm³/mol. The summed E-state index contributed by atoms with van der Waals surface area (Å²) in [4.78, 5) is 38.2. The van der Waals surface area contributed by atoms with Gasteiger partial charge in [-0.05, 0) is 44.5 Å². The lowest BCUT2D eigenvalue weighted by Crippen LogP contribution is -2.19. The number of ketones is 1. The van der Waals surface area contributed by atoms with Crippen LogP contribution in [0, 0.1) is 6.92 Å². The monoisotopic (exact) mass is 429 g/mol. The molecular weight excluding hydrogens is 406 g/mol. The van der Waals surface area contributed by atoms with Crippen LogP contribution in [0.3, 0.4) is 0 Å². The lowest BCUT2D eigenvalue weighted by molar-refractivity contribution is 0.103. The average molecular weight is 429 g/mol. The number of carbonyl (C=O) groups is 2. The van der Waals surface area contributed by atoms with Gasteiger partial charge in [-0.2, -0.15) is 0 Å². The summed E-state index contributed by atoms with van der Waals surface area (Å²) >= 11 is 0. The molecule has 0 radical (unpaired) electrons. The van der Waals surface area contributed by atoms with Crippen molar-refractivity contribution < 1.29 is 9.59 Å². The smallest absolute Gasteiger partial charge is 0.323 e. The minimum absolute atomic E-state index is 0.0739. The van der Waals surface area contributed by atoms with Gasteiger partial charge in [0, 0.05) is 29.7 Å². The van der Waals surface area contributed by atoms with Gasteiger partial charge in [0.25, 0.3) is 0 Å². The number of amides is 2. The van der Waals surface area contributed by atoms with Crippen LogP contribution in [0.2, 0.25) is 0 Å². The Balaban J connectivity index is 1.61. The van der Waals surface area contributed by atoms with E-state index in [0.29, 0.717) is 33.5 Å². The fourth-order valence-corrected chi connectivity index (χ4v) is 3.48. The molecule has 4 rings (SSSR count). The third-order valence-electron chi connectivity index (χ3n) is 4.97. The molecule has 1 aromatic carbocycles. The van der Waals surface area contributed by atoms with Crippen LogP contribution in [0.1, 0.15) is 41.4 Å². The molecule has 162 valence electrons. The lowest BCUT2D eigenvalue weighted by atomic mass is 10.1. The number of urea groups is 1. The Morgan fingerprint density at radius 2 is 1.84 bits per heavy atom. The molecule has 9 heteroatoms. The minimum Gasteiger partial charge on any atom is -0.383 e. The van der Waals surface area contributed by atoms with E-state index in [2.05, 4.69) is 25.6 Å². The van der Waals surface area contributed by atoms with Crippen molar-refractivity contribution in [1.29, 1.82) is 0 Å². The SMILES string of the molecule is Cc1cccc(NC(=O)Nc2cncc(C(=O)c3cn(C(C)C)c4ncnc(N)c34)c2)c1. The van der Waals surface area contributed by atoms with E-state index in [1.165, 1.54) is 18.7 Å². The molecule has 32 heavy (non-hydrogen) atoms. The highest BCUT2D eigenvalue weighted by atomic mass is 16.2. The maximum absolute atomic E-state index is 13.3. The number of fused-ring (bicyclic) bond motifs is 1. The number of nitrogen functional groups attached to an aromatic ring is 1. The maximum atomic E-state index is 13.3. The first-order valence-corrected chi connectivity index (χ1v) is 10.1. The molecule has 0 aliphatic heterocycles. The highest BCUT2D eigenvalue weighted by Crippen LogP contribution is 2.28. The van der Waals surface area contributed by atoms with E-state index in [1.54, 1.807) is 18.3 Å². The Morgan fingerprint density at radius 3 is 2.59 bits per heavy atom. The second-order valence-electron chi connectivity index (χ2n) is 7.74. The fraction of sp³-hybridized carbons (Fsp3) is 0.174. The lowest BCUT2D eigenvalue weighted by Gasteiger charge is -2.09. The molecule has 0 aliphatic rings. The van der Waals surface area contributed by atoms with Gasteiger partial charge >= 0.3 is 6.03 Å². The Labute approximate surface area is 184 Å². The Hall–Kier alpha value is -4.27. The fourth-order valence-electron chi connectivity index (χ4n) is 3.48. The van der Waals surface area contributed by atoms with Gasteiger partial charge in [0.05, 0.1) is 22.8 Å². The van der Waals surface area contributed by atoms with Crippen molar-refractivity contribution in [2.75, 3.05) is 16.4 Å². The van der Waals surface area contributed by atoms with E-state index in [-0.39, 0.29) is 17.6 Å². The number of aromatic nitrogens is 4. The topological polar surface area (TPSA) is 128 Å². The third kappa shape index (κ3) is 4.13. The van der Waals surface area contributed by atoms with Crippen LogP contribution in [-0.2, 0) is 0 Å². The van der Waals surface area contributed by atoms with Crippen molar-refractivity contribution in [3.63, 3.8) is 0 Å². The van der Waals surface area contributed by atoms with E-state index in [4.69, 9.17) is 5.73 Å². The van der Waals surface area contributed by atoms with E-state index in [9.17, 15) is 9.59 Å². The zero-order valence-corrected chi connectivity index (χ0v) is 18.0. The second-order valence-corrected chi connectivity index (χ2v) is 7.74. The number of benzene rings is 1. The molecule has 4 N–H and O–H groups in total. The summed E-state index contributed by atoms with van der Waals surface area (Å²) in [6.07, 6.45) is 6.03. The van der Waals surface area contributed by atoms with Crippen molar-refractivity contribution in [3.8, 4) is 0 Å². The highest BCUT2D eigenvalue weighted by molar-refractivity contribution is 6.18. The summed E-state index contributed by atoms with van der Waals surface area (Å²) in [7, 11) is 0. The number of rotatable bonds is 5. The van der Waals surface area contributed by atoms with Crippen LogP contribution in [0.15, 0.2) is 55.2 Å². The van der Waals surface area contributed by atoms with E-state index in [1.807, 2.05) is 43.5 Å². The molecule has 3 aromatic heterocycles. The summed E-state index contributed by atoms with van der Waals surface area (Å²) < 4.78 is 1.88. The summed E-state index contributed by atoms with van der Waals surface area (Å²) in [5, 5.41) is 5.97. The van der Waals surface area contributed by atoms with Crippen LogP contribution >= 0.6 is 0 Å². The number of carbonyl (C=O) groups excluding carboxylic acids is 2. The number of nitrogens with two attached hydrogens (primary N) is 1. The largest absolute Gasteiger partial charge is 0.383 e. The number of nitrogens with zero attached hydrogens (tertiary/aromatic N) is 4. The van der Waals surface area contributed by atoms with E-state index in [0.717, 1.165) is 5.56 Å². The number of pyridine rings is 1. The molecule has 0 spiro atoms. The van der Waals surface area contributed by atoms with Crippen LogP contribution < -0.4 is 16.4 Å². The van der Waals surface area contributed by atoms with E-state index < -0.39 is 6.03 Å². The van der Waals surface area contributed by atoms with Gasteiger partial charge in [0.15, 0.2) is 5.78 Å². The molecule has 4 aromatic rings. The molecule has 0 bridgehead atoms. The zero-order valence-electron chi connectivity index (χ0n) is 18.0. The van der Waals surface area contributed by atoms with Crippen LogP contribution in [-0.4, -0.2) is 31.3 Å². The standard InChI is InChI=1S/C23H23N7O2/c1-13(2)30-11-18(19-21(24)26-12-27-22(19)30)20(31)15-8-17(10-25-9-15)29-23(32)28-16-6-4-5-14(3)7-16/h4-13H,1-3H3,(H2,24,26,27)(H2,28,29,32). The number of anilines is 3. The molecule has 0 atom stereocenters. The van der Waals surface area contributed by atoms with Gasteiger partial charge in [-0.15, -0.1) is 0 Å². The quantitative estimate of drug-likeness (QED) is 0.409. The maximum Gasteiger partial charge on any atom is 0.323 e. The van der Waals surface area contributed by atoms with Crippen molar-refractivity contribution >= 4 is 40.0 Å². The van der Waals surface area contributed by atoms with E-state index >= 15 is 0 Å². The average Bonchev–Trinajstić information content (AvgIpc) is 3.15. The van der Waals surface area contributed by atoms with Crippen LogP contribution in [0.25, 0.3) is 11.0 Å². The minimum atomic E-state index is -0.434. The first-order chi connectivity index (χ1) is 15.3. The first kappa shape index (κ1) is 21.0. The summed E-state index contributed by atoms with van der Waals surface area (Å²) in [6.45, 7) is 5.92. The molecule has 0 unspecified atom stereocenters. The summed E-state index contributed by atoms with van der Waals surface area (Å²) in [5.74, 6) is -0.0522. The van der Waals surface area contributed by atoms with Gasteiger partial charge < -0.3 is 20.9 Å². The van der Waals surface area contributed by atoms with Gasteiger partial charge in [0.2, 0.25) is 0 Å². The molecule has 2 amide bonds. The number of aryl methyl sites for hydroxylation is 1. The highest BCUT2D eigenvalue weighted by Gasteiger charge is 2.22. The predicted octanol–water partition coefficient (Wildman–Crippen LogP) is 4.17. The van der Waals surface area contributed by atoms with Crippen molar-refractivity contribution in [1.82, 2.24) is 19.5 Å².